The maximum Gasteiger partial charge on any atom is 0.269 e. The molecule has 0 aliphatic carbocycles. The van der Waals surface area contributed by atoms with E-state index in [4.69, 9.17) is 4.52 Å². The fourth-order valence-corrected chi connectivity index (χ4v) is 2.49. The Morgan fingerprint density at radius 3 is 3.06 bits per heavy atom. The molecule has 0 radical (unpaired) electrons. The molecule has 0 saturated carbocycles. The van der Waals surface area contributed by atoms with Crippen LogP contribution in [0.2, 0.25) is 0 Å². The predicted octanol–water partition coefficient (Wildman–Crippen LogP) is 2.30. The van der Waals surface area contributed by atoms with Gasteiger partial charge in [0.2, 0.25) is 0 Å². The molecule has 0 fully saturated rings. The molecule has 0 bridgehead atoms. The Labute approximate surface area is 111 Å². The van der Waals surface area contributed by atoms with Crippen LogP contribution in [0.25, 0.3) is 10.8 Å². The normalized spacial score (nSPS) is 12.8. The first-order valence-electron chi connectivity index (χ1n) is 6.17. The zero-order valence-corrected chi connectivity index (χ0v) is 11.8. The summed E-state index contributed by atoms with van der Waals surface area (Å²) in [6.07, 6.45) is 4.68. The number of nitrogens with zero attached hydrogens (tertiary/aromatic N) is 3. The van der Waals surface area contributed by atoms with E-state index in [1.54, 1.807) is 11.3 Å². The third-order valence-corrected chi connectivity index (χ3v) is 3.72. The molecule has 0 spiro atoms. The van der Waals surface area contributed by atoms with Crippen LogP contribution >= 0.6 is 11.3 Å². The van der Waals surface area contributed by atoms with E-state index in [1.807, 2.05) is 13.2 Å². The lowest BCUT2D eigenvalue weighted by Crippen LogP contribution is -2.24. The highest BCUT2D eigenvalue weighted by Crippen LogP contribution is 2.25. The van der Waals surface area contributed by atoms with E-state index < -0.39 is 0 Å². The summed E-state index contributed by atoms with van der Waals surface area (Å²) in [6, 6.07) is 0.340. The van der Waals surface area contributed by atoms with Crippen LogP contribution in [0.1, 0.15) is 31.1 Å². The van der Waals surface area contributed by atoms with Crippen LogP contribution in [0.15, 0.2) is 10.7 Å². The maximum absolute atomic E-state index is 5.27. The van der Waals surface area contributed by atoms with Gasteiger partial charge in [0.05, 0.1) is 11.2 Å². The van der Waals surface area contributed by atoms with Gasteiger partial charge in [-0.1, -0.05) is 12.1 Å². The summed E-state index contributed by atoms with van der Waals surface area (Å²) < 4.78 is 5.27. The topological polar surface area (TPSA) is 63.8 Å². The molecule has 98 valence electrons. The molecule has 0 saturated heterocycles. The van der Waals surface area contributed by atoms with Crippen molar-refractivity contribution >= 4 is 11.3 Å². The Balaban J connectivity index is 2.08. The first-order valence-corrected chi connectivity index (χ1v) is 6.99. The van der Waals surface area contributed by atoms with Crippen LogP contribution in [0.4, 0.5) is 0 Å². The molecule has 0 aliphatic heterocycles. The zero-order valence-electron chi connectivity index (χ0n) is 10.9. The summed E-state index contributed by atoms with van der Waals surface area (Å²) >= 11 is 1.63. The molecule has 2 heterocycles. The Bertz CT molecular complexity index is 494. The van der Waals surface area contributed by atoms with E-state index >= 15 is 0 Å². The van der Waals surface area contributed by atoms with Crippen molar-refractivity contribution in [1.29, 1.82) is 0 Å². The lowest BCUT2D eigenvalue weighted by atomic mass is 10.2. The van der Waals surface area contributed by atoms with Crippen molar-refractivity contribution in [1.82, 2.24) is 20.4 Å². The molecular formula is C12H18N4OS. The number of hydrogen-bond donors (Lipinski definition) is 1. The number of hydrogen-bond acceptors (Lipinski definition) is 6. The molecule has 1 atom stereocenters. The zero-order chi connectivity index (χ0) is 13.0. The monoisotopic (exact) mass is 266 g/mol. The number of nitrogens with one attached hydrogen (secondary N) is 1. The van der Waals surface area contributed by atoms with Gasteiger partial charge in [0.1, 0.15) is 4.88 Å². The minimum absolute atomic E-state index is 0.340. The van der Waals surface area contributed by atoms with Gasteiger partial charge in [-0.15, -0.1) is 11.3 Å². The predicted molar refractivity (Wildman–Crippen MR) is 71.6 cm³/mol. The summed E-state index contributed by atoms with van der Waals surface area (Å²) in [5.74, 6) is 1.31. The molecule has 5 nitrogen and oxygen atoms in total. The van der Waals surface area contributed by atoms with Gasteiger partial charge in [0.15, 0.2) is 5.82 Å². The lowest BCUT2D eigenvalue weighted by molar-refractivity contribution is 0.419. The van der Waals surface area contributed by atoms with Crippen LogP contribution in [-0.2, 0) is 12.8 Å². The molecule has 2 aromatic heterocycles. The second-order valence-corrected chi connectivity index (χ2v) is 5.39. The van der Waals surface area contributed by atoms with Crippen LogP contribution in [0.5, 0.6) is 0 Å². The average molecular weight is 266 g/mol. The van der Waals surface area contributed by atoms with Crippen molar-refractivity contribution < 1.29 is 4.52 Å². The van der Waals surface area contributed by atoms with Gasteiger partial charge >= 0.3 is 0 Å². The SMILES string of the molecule is CCCc1ncc(-c2nc(CC(C)NC)no2)s1. The Kier molecular flexibility index (Phi) is 4.43. The number of rotatable bonds is 6. The smallest absolute Gasteiger partial charge is 0.269 e. The van der Waals surface area contributed by atoms with Crippen molar-refractivity contribution in [2.45, 2.75) is 39.2 Å². The summed E-state index contributed by atoms with van der Waals surface area (Å²) in [7, 11) is 1.92. The van der Waals surface area contributed by atoms with Crippen LogP contribution in [-0.4, -0.2) is 28.2 Å². The average Bonchev–Trinajstić information content (AvgIpc) is 2.98. The van der Waals surface area contributed by atoms with Crippen molar-refractivity contribution in [2.75, 3.05) is 7.05 Å². The van der Waals surface area contributed by atoms with Crippen molar-refractivity contribution in [3.05, 3.63) is 17.0 Å². The van der Waals surface area contributed by atoms with E-state index in [-0.39, 0.29) is 0 Å². The summed E-state index contributed by atoms with van der Waals surface area (Å²) in [5.41, 5.74) is 0. The Morgan fingerprint density at radius 2 is 2.33 bits per heavy atom. The highest BCUT2D eigenvalue weighted by Gasteiger charge is 2.13. The largest absolute Gasteiger partial charge is 0.333 e. The fourth-order valence-electron chi connectivity index (χ4n) is 1.55. The Hall–Kier alpha value is -1.27. The van der Waals surface area contributed by atoms with E-state index in [9.17, 15) is 0 Å². The molecule has 0 aliphatic rings. The summed E-state index contributed by atoms with van der Waals surface area (Å²) in [5, 5.41) is 8.26. The number of aryl methyl sites for hydroxylation is 1. The van der Waals surface area contributed by atoms with E-state index in [0.717, 1.165) is 35.0 Å². The van der Waals surface area contributed by atoms with Gasteiger partial charge in [-0.05, 0) is 26.8 Å². The first-order chi connectivity index (χ1) is 8.72. The van der Waals surface area contributed by atoms with Crippen LogP contribution < -0.4 is 5.32 Å². The molecule has 6 heteroatoms. The minimum Gasteiger partial charge on any atom is -0.333 e. The maximum atomic E-state index is 5.27. The summed E-state index contributed by atoms with van der Waals surface area (Å²) in [6.45, 7) is 4.23. The molecule has 2 aromatic rings. The third kappa shape index (κ3) is 3.14. The van der Waals surface area contributed by atoms with E-state index in [1.165, 1.54) is 0 Å². The fraction of sp³-hybridized carbons (Fsp3) is 0.583. The Morgan fingerprint density at radius 1 is 1.50 bits per heavy atom. The minimum atomic E-state index is 0.340. The molecular weight excluding hydrogens is 248 g/mol. The number of likely N-dealkylation sites (N-methyl/N-ethyl adjacent to an activating group) is 1. The number of aromatic nitrogens is 3. The van der Waals surface area contributed by atoms with Crippen LogP contribution in [0.3, 0.4) is 0 Å². The second-order valence-electron chi connectivity index (χ2n) is 4.28. The first kappa shape index (κ1) is 13.2. The van der Waals surface area contributed by atoms with Gasteiger partial charge in [-0.25, -0.2) is 4.98 Å². The lowest BCUT2D eigenvalue weighted by Gasteiger charge is -2.04. The highest BCUT2D eigenvalue weighted by molar-refractivity contribution is 7.15. The molecule has 18 heavy (non-hydrogen) atoms. The third-order valence-electron chi connectivity index (χ3n) is 2.68. The van der Waals surface area contributed by atoms with Gasteiger partial charge < -0.3 is 9.84 Å². The molecule has 2 rings (SSSR count). The summed E-state index contributed by atoms with van der Waals surface area (Å²) in [4.78, 5) is 9.69. The van der Waals surface area contributed by atoms with E-state index in [2.05, 4.69) is 34.3 Å². The van der Waals surface area contributed by atoms with E-state index in [0.29, 0.717) is 11.9 Å². The van der Waals surface area contributed by atoms with Gasteiger partial charge in [-0.2, -0.15) is 4.98 Å². The standard InChI is InChI=1S/C12H18N4OS/c1-4-5-11-14-7-9(18-11)12-15-10(16-17-12)6-8(2)13-3/h7-8,13H,4-6H2,1-3H3. The van der Waals surface area contributed by atoms with Gasteiger partial charge in [-0.3, -0.25) is 0 Å². The highest BCUT2D eigenvalue weighted by atomic mass is 32.1. The molecule has 1 N–H and O–H groups in total. The van der Waals surface area contributed by atoms with Crippen molar-refractivity contribution in [3.63, 3.8) is 0 Å². The van der Waals surface area contributed by atoms with Gasteiger partial charge in [0, 0.05) is 12.5 Å². The number of thiazole rings is 1. The molecule has 0 aromatic carbocycles. The van der Waals surface area contributed by atoms with Crippen LogP contribution in [0, 0.1) is 0 Å². The quantitative estimate of drug-likeness (QED) is 0.869. The van der Waals surface area contributed by atoms with Gasteiger partial charge in [0.25, 0.3) is 5.89 Å². The van der Waals surface area contributed by atoms with Crippen molar-refractivity contribution in [2.24, 2.45) is 0 Å². The van der Waals surface area contributed by atoms with Crippen molar-refractivity contribution in [3.8, 4) is 10.8 Å². The molecule has 1 unspecified atom stereocenters. The second kappa shape index (κ2) is 6.06. The molecule has 0 amide bonds.